The molecule has 0 saturated carbocycles. The van der Waals surface area contributed by atoms with E-state index in [9.17, 15) is 4.79 Å². The molecular formula is C9H9ClN4O. The topological polar surface area (TPSA) is 75.0 Å². The fraction of sp³-hybridized carbons (Fsp3) is 0.111. The number of carbonyl (C=O) groups excluding carboxylic acids is 1. The zero-order valence-electron chi connectivity index (χ0n) is 7.72. The van der Waals surface area contributed by atoms with Crippen LogP contribution in [0.3, 0.4) is 0 Å². The number of aromatic amines is 1. The predicted molar refractivity (Wildman–Crippen MR) is 55.8 cm³/mol. The Morgan fingerprint density at radius 2 is 2.47 bits per heavy atom. The van der Waals surface area contributed by atoms with Crippen LogP contribution in [0.4, 0.5) is 0 Å². The summed E-state index contributed by atoms with van der Waals surface area (Å²) in [6.45, 7) is 0. The number of amides is 1. The summed E-state index contributed by atoms with van der Waals surface area (Å²) in [5.74, 6) is -0.0727. The van der Waals surface area contributed by atoms with Gasteiger partial charge in [-0.05, 0) is 12.2 Å². The fourth-order valence-electron chi connectivity index (χ4n) is 1.24. The molecule has 2 rings (SSSR count). The molecule has 0 fully saturated rings. The van der Waals surface area contributed by atoms with Crippen LogP contribution in [0.15, 0.2) is 35.8 Å². The van der Waals surface area contributed by atoms with Crippen LogP contribution in [0.2, 0.25) is 0 Å². The summed E-state index contributed by atoms with van der Waals surface area (Å²) in [5, 5.41) is 0.455. The van der Waals surface area contributed by atoms with E-state index in [1.807, 2.05) is 0 Å². The third-order valence-corrected chi connectivity index (χ3v) is 2.20. The molecule has 2 heterocycles. The number of nitrogens with zero attached hydrogens (tertiary/aromatic N) is 2. The van der Waals surface area contributed by atoms with Crippen LogP contribution in [0, 0.1) is 0 Å². The molecule has 1 unspecified atom stereocenters. The molecule has 0 aliphatic carbocycles. The van der Waals surface area contributed by atoms with Crippen LogP contribution in [0.25, 0.3) is 0 Å². The van der Waals surface area contributed by atoms with Crippen LogP contribution >= 0.6 is 11.6 Å². The molecule has 1 aliphatic heterocycles. The molecule has 0 saturated heterocycles. The first kappa shape index (κ1) is 9.95. The number of nitrogens with one attached hydrogen (secondary N) is 1. The van der Waals surface area contributed by atoms with E-state index in [-0.39, 0.29) is 11.7 Å². The Bertz CT molecular complexity index is 423. The number of H-pyrrole nitrogens is 1. The average Bonchev–Trinajstić information content (AvgIpc) is 2.74. The summed E-state index contributed by atoms with van der Waals surface area (Å²) in [5.41, 5.74) is 5.72. The molecule has 6 heteroatoms. The first-order chi connectivity index (χ1) is 7.18. The first-order valence-corrected chi connectivity index (χ1v) is 4.69. The van der Waals surface area contributed by atoms with Gasteiger partial charge in [-0.2, -0.15) is 0 Å². The van der Waals surface area contributed by atoms with E-state index in [1.54, 1.807) is 18.3 Å². The minimum atomic E-state index is -0.509. The van der Waals surface area contributed by atoms with Gasteiger partial charge < -0.3 is 10.7 Å². The van der Waals surface area contributed by atoms with Gasteiger partial charge in [-0.25, -0.2) is 4.98 Å². The first-order valence-electron chi connectivity index (χ1n) is 4.31. The smallest absolute Gasteiger partial charge is 0.295 e. The van der Waals surface area contributed by atoms with E-state index >= 15 is 0 Å². The van der Waals surface area contributed by atoms with E-state index in [0.29, 0.717) is 5.03 Å². The van der Waals surface area contributed by atoms with Crippen LogP contribution in [-0.4, -0.2) is 26.9 Å². The van der Waals surface area contributed by atoms with Gasteiger partial charge in [-0.1, -0.05) is 11.6 Å². The highest BCUT2D eigenvalue weighted by Crippen LogP contribution is 2.15. The van der Waals surface area contributed by atoms with E-state index in [2.05, 4.69) is 9.97 Å². The molecule has 5 nitrogen and oxygen atoms in total. The van der Waals surface area contributed by atoms with Crippen molar-refractivity contribution >= 4 is 17.5 Å². The Hall–Kier alpha value is -1.59. The van der Waals surface area contributed by atoms with Crippen LogP contribution in [0.5, 0.6) is 0 Å². The molecule has 0 aromatic carbocycles. The highest BCUT2D eigenvalue weighted by atomic mass is 35.5. The molecule has 1 amide bonds. The van der Waals surface area contributed by atoms with Crippen LogP contribution < -0.4 is 5.73 Å². The average molecular weight is 225 g/mol. The maximum absolute atomic E-state index is 11.8. The number of rotatable bonds is 1. The number of nitrogens with two attached hydrogens (primary N) is 1. The molecule has 1 aliphatic rings. The molecule has 15 heavy (non-hydrogen) atoms. The number of carbonyl (C=O) groups is 1. The minimum Gasteiger partial charge on any atom is -0.341 e. The maximum atomic E-state index is 11.8. The van der Waals surface area contributed by atoms with Gasteiger partial charge in [0.2, 0.25) is 0 Å². The van der Waals surface area contributed by atoms with Gasteiger partial charge in [-0.3, -0.25) is 9.69 Å². The summed E-state index contributed by atoms with van der Waals surface area (Å²) >= 11 is 5.78. The number of imidazole rings is 1. The molecule has 78 valence electrons. The second kappa shape index (κ2) is 3.88. The van der Waals surface area contributed by atoms with Gasteiger partial charge in [-0.15, -0.1) is 0 Å². The summed E-state index contributed by atoms with van der Waals surface area (Å²) < 4.78 is 0. The lowest BCUT2D eigenvalue weighted by Gasteiger charge is -2.25. The largest absolute Gasteiger partial charge is 0.341 e. The Balaban J connectivity index is 2.25. The third kappa shape index (κ3) is 1.93. The molecular weight excluding hydrogens is 216 g/mol. The number of hydrogen-bond donors (Lipinski definition) is 2. The lowest BCUT2D eigenvalue weighted by molar-refractivity contribution is 0.0782. The van der Waals surface area contributed by atoms with E-state index < -0.39 is 6.17 Å². The summed E-state index contributed by atoms with van der Waals surface area (Å²) in [7, 11) is 0. The van der Waals surface area contributed by atoms with Gasteiger partial charge >= 0.3 is 0 Å². The second-order valence-corrected chi connectivity index (χ2v) is 3.45. The molecule has 0 bridgehead atoms. The van der Waals surface area contributed by atoms with Crippen molar-refractivity contribution in [3.05, 3.63) is 41.6 Å². The zero-order chi connectivity index (χ0) is 10.8. The number of hydrogen-bond acceptors (Lipinski definition) is 3. The molecule has 0 spiro atoms. The van der Waals surface area contributed by atoms with Gasteiger partial charge in [0.05, 0.1) is 5.03 Å². The highest BCUT2D eigenvalue weighted by molar-refractivity contribution is 6.31. The highest BCUT2D eigenvalue weighted by Gasteiger charge is 2.22. The van der Waals surface area contributed by atoms with E-state index in [4.69, 9.17) is 17.3 Å². The van der Waals surface area contributed by atoms with Crippen molar-refractivity contribution in [2.75, 3.05) is 0 Å². The van der Waals surface area contributed by atoms with Crippen molar-refractivity contribution in [3.63, 3.8) is 0 Å². The van der Waals surface area contributed by atoms with Crippen molar-refractivity contribution in [2.45, 2.75) is 6.17 Å². The Morgan fingerprint density at radius 3 is 3.13 bits per heavy atom. The normalized spacial score (nSPS) is 20.3. The van der Waals surface area contributed by atoms with Crippen molar-refractivity contribution in [2.24, 2.45) is 5.73 Å². The summed E-state index contributed by atoms with van der Waals surface area (Å²) in [6, 6.07) is 0. The Kier molecular flexibility index (Phi) is 2.57. The molecule has 1 aromatic heterocycles. The van der Waals surface area contributed by atoms with Crippen LogP contribution in [-0.2, 0) is 0 Å². The molecule has 1 aromatic rings. The molecule has 3 N–H and O–H groups in total. The monoisotopic (exact) mass is 224 g/mol. The number of allylic oxidation sites excluding steroid dienone is 2. The van der Waals surface area contributed by atoms with Crippen molar-refractivity contribution in [1.82, 2.24) is 14.9 Å². The second-order valence-electron chi connectivity index (χ2n) is 3.01. The van der Waals surface area contributed by atoms with Crippen molar-refractivity contribution in [3.8, 4) is 0 Å². The van der Waals surface area contributed by atoms with Gasteiger partial charge in [0.25, 0.3) is 5.91 Å². The summed E-state index contributed by atoms with van der Waals surface area (Å²) in [4.78, 5) is 19.7. The van der Waals surface area contributed by atoms with Gasteiger partial charge in [0.1, 0.15) is 6.17 Å². The Morgan fingerprint density at radius 1 is 1.67 bits per heavy atom. The summed E-state index contributed by atoms with van der Waals surface area (Å²) in [6.07, 6.45) is 7.34. The lowest BCUT2D eigenvalue weighted by Crippen LogP contribution is -2.42. The predicted octanol–water partition coefficient (Wildman–Crippen LogP) is 0.787. The maximum Gasteiger partial charge on any atom is 0.295 e. The van der Waals surface area contributed by atoms with E-state index in [1.165, 1.54) is 17.3 Å². The SMILES string of the molecule is NC1C=CC(Cl)=CN1C(=O)c1ncc[nH]1. The minimum absolute atomic E-state index is 0.237. The zero-order valence-corrected chi connectivity index (χ0v) is 8.48. The number of aromatic nitrogens is 2. The number of halogens is 1. The fourth-order valence-corrected chi connectivity index (χ4v) is 1.42. The van der Waals surface area contributed by atoms with E-state index in [0.717, 1.165) is 0 Å². The molecule has 1 atom stereocenters. The standard InChI is InChI=1S/C9H9ClN4O/c10-6-1-2-7(11)14(5-6)9(15)8-12-3-4-13-8/h1-5,7H,11H2,(H,12,13). The van der Waals surface area contributed by atoms with Crippen LogP contribution in [0.1, 0.15) is 10.6 Å². The van der Waals surface area contributed by atoms with Gasteiger partial charge in [0, 0.05) is 18.6 Å². The third-order valence-electron chi connectivity index (χ3n) is 1.97. The molecule has 0 radical (unpaired) electrons. The Labute approximate surface area is 91.2 Å². The quantitative estimate of drug-likeness (QED) is 0.741. The van der Waals surface area contributed by atoms with Gasteiger partial charge in [0.15, 0.2) is 5.82 Å². The lowest BCUT2D eigenvalue weighted by atomic mass is 10.3. The van der Waals surface area contributed by atoms with Crippen molar-refractivity contribution < 1.29 is 4.79 Å². The van der Waals surface area contributed by atoms with Crippen molar-refractivity contribution in [1.29, 1.82) is 0 Å².